The van der Waals surface area contributed by atoms with Crippen LogP contribution in [0.3, 0.4) is 0 Å². The largest absolute Gasteiger partial charge is 0.455 e. The second kappa shape index (κ2) is 11.2. The molecule has 230 valence electrons. The topological polar surface area (TPSA) is 16.4 Å². The minimum atomic E-state index is -0.747. The van der Waals surface area contributed by atoms with Gasteiger partial charge in [0.2, 0.25) is 0 Å². The molecule has 10 aromatic rings. The van der Waals surface area contributed by atoms with Crippen molar-refractivity contribution in [2.24, 2.45) is 0 Å². The van der Waals surface area contributed by atoms with E-state index in [1.807, 2.05) is 66.7 Å². The Kier molecular flexibility index (Phi) is 4.09. The highest BCUT2D eigenvalue weighted by Gasteiger charge is 2.21. The molecule has 8 aromatic carbocycles. The van der Waals surface area contributed by atoms with Crippen molar-refractivity contribution >= 4 is 81.3 Å². The van der Waals surface area contributed by atoms with E-state index in [1.54, 1.807) is 30.3 Å². The van der Waals surface area contributed by atoms with E-state index < -0.39 is 95.4 Å². The van der Waals surface area contributed by atoms with E-state index in [0.29, 0.717) is 27.5 Å². The van der Waals surface area contributed by atoms with Gasteiger partial charge in [0.1, 0.15) is 11.2 Å². The number of hydrogen-bond donors (Lipinski definition) is 0. The molecular formula is C46H29NOS. The van der Waals surface area contributed by atoms with Gasteiger partial charge in [0, 0.05) is 42.3 Å². The van der Waals surface area contributed by atoms with E-state index in [9.17, 15) is 11.0 Å². The summed E-state index contributed by atoms with van der Waals surface area (Å²) in [6, 6.07) is 21.2. The van der Waals surface area contributed by atoms with Crippen LogP contribution in [0.15, 0.2) is 180 Å². The summed E-state index contributed by atoms with van der Waals surface area (Å²) in [5.74, 6) is 0. The maximum atomic E-state index is 9.68. The van der Waals surface area contributed by atoms with Crippen LogP contribution in [0.5, 0.6) is 0 Å². The highest BCUT2D eigenvalue weighted by atomic mass is 32.1. The Morgan fingerprint density at radius 2 is 1.18 bits per heavy atom. The Balaban J connectivity index is 1.31. The van der Waals surface area contributed by atoms with Gasteiger partial charge in [-0.15, -0.1) is 11.3 Å². The van der Waals surface area contributed by atoms with Crippen molar-refractivity contribution < 1.29 is 22.2 Å². The molecule has 49 heavy (non-hydrogen) atoms. The van der Waals surface area contributed by atoms with Crippen molar-refractivity contribution in [2.45, 2.75) is 0 Å². The van der Waals surface area contributed by atoms with Gasteiger partial charge in [-0.3, -0.25) is 0 Å². The van der Waals surface area contributed by atoms with Crippen molar-refractivity contribution in [2.75, 3.05) is 4.90 Å². The van der Waals surface area contributed by atoms with Gasteiger partial charge in [-0.2, -0.15) is 0 Å². The maximum absolute atomic E-state index is 9.68. The smallest absolute Gasteiger partial charge is 0.143 e. The first-order valence-electron chi connectivity index (χ1n) is 22.0. The Labute approximate surface area is 306 Å². The van der Waals surface area contributed by atoms with Crippen LogP contribution < -0.4 is 4.90 Å². The molecule has 0 fully saturated rings. The molecule has 0 aliphatic heterocycles. The van der Waals surface area contributed by atoms with Crippen LogP contribution in [0.2, 0.25) is 0 Å². The molecule has 0 N–H and O–H groups in total. The number of thiophene rings is 1. The Hall–Kier alpha value is -6.16. The maximum Gasteiger partial charge on any atom is 0.143 e. The number of fused-ring (bicyclic) bond motifs is 8. The van der Waals surface area contributed by atoms with E-state index in [-0.39, 0.29) is 16.9 Å². The fourth-order valence-corrected chi connectivity index (χ4v) is 7.71. The number of furan rings is 1. The first kappa shape index (κ1) is 17.8. The van der Waals surface area contributed by atoms with Crippen LogP contribution in [-0.4, -0.2) is 0 Å². The SMILES string of the molecule is [2H]c1c([2H])c([2H])c(-c2c([2H])c([2H])c(N(c3c([2H])c([2H])c(-c4cccc5c4sc4ccccc45)c([2H])c3[2H])c3cccc4oc5c6ccccc6ccc5c34)c([2H])c2[2H])c([2H])c1[2H]. The van der Waals surface area contributed by atoms with E-state index in [4.69, 9.17) is 11.3 Å². The van der Waals surface area contributed by atoms with Crippen LogP contribution in [0.4, 0.5) is 17.1 Å². The molecule has 0 saturated carbocycles. The van der Waals surface area contributed by atoms with Crippen molar-refractivity contribution in [3.05, 3.63) is 176 Å². The molecular weight excluding hydrogens is 615 g/mol. The lowest BCUT2D eigenvalue weighted by Gasteiger charge is -2.26. The van der Waals surface area contributed by atoms with E-state index in [0.717, 1.165) is 30.9 Å². The van der Waals surface area contributed by atoms with Crippen LogP contribution >= 0.6 is 11.3 Å². The molecule has 3 heteroatoms. The molecule has 0 bridgehead atoms. The highest BCUT2D eigenvalue weighted by Crippen LogP contribution is 2.45. The second-order valence-corrected chi connectivity index (χ2v) is 12.5. The molecule has 0 aliphatic carbocycles. The van der Waals surface area contributed by atoms with Gasteiger partial charge < -0.3 is 9.32 Å². The Morgan fingerprint density at radius 1 is 0.510 bits per heavy atom. The van der Waals surface area contributed by atoms with Gasteiger partial charge in [0.25, 0.3) is 0 Å². The summed E-state index contributed by atoms with van der Waals surface area (Å²) in [5.41, 5.74) is -0.342. The minimum Gasteiger partial charge on any atom is -0.455 e. The number of hydrogen-bond acceptors (Lipinski definition) is 3. The number of rotatable bonds is 5. The zero-order valence-electron chi connectivity index (χ0n) is 38.5. The molecule has 0 atom stereocenters. The number of nitrogens with zero attached hydrogens (tertiary/aromatic N) is 1. The summed E-state index contributed by atoms with van der Waals surface area (Å²) in [6.07, 6.45) is 0. The lowest BCUT2D eigenvalue weighted by atomic mass is 10.0. The monoisotopic (exact) mass is 656 g/mol. The third-order valence-corrected chi connectivity index (χ3v) is 9.92. The molecule has 0 amide bonds. The predicted molar refractivity (Wildman–Crippen MR) is 210 cm³/mol. The summed E-state index contributed by atoms with van der Waals surface area (Å²) in [6.45, 7) is 0. The lowest BCUT2D eigenvalue weighted by Crippen LogP contribution is -2.10. The Bertz CT molecular complexity index is 3510. The van der Waals surface area contributed by atoms with Gasteiger partial charge >= 0.3 is 0 Å². The number of anilines is 3. The molecule has 10 rings (SSSR count). The summed E-state index contributed by atoms with van der Waals surface area (Å²) >= 11 is 1.47. The quantitative estimate of drug-likeness (QED) is 0.183. The zero-order valence-corrected chi connectivity index (χ0v) is 26.3. The molecule has 0 aliphatic rings. The predicted octanol–water partition coefficient (Wildman–Crippen LogP) is 13.9. The van der Waals surface area contributed by atoms with E-state index in [2.05, 4.69) is 0 Å². The van der Waals surface area contributed by atoms with E-state index >= 15 is 0 Å². The van der Waals surface area contributed by atoms with Crippen molar-refractivity contribution in [3.63, 3.8) is 0 Å². The Morgan fingerprint density at radius 3 is 2.00 bits per heavy atom. The summed E-state index contributed by atoms with van der Waals surface area (Å²) in [5, 5.41) is 4.57. The van der Waals surface area contributed by atoms with Crippen molar-refractivity contribution in [3.8, 4) is 22.3 Å². The van der Waals surface area contributed by atoms with Gasteiger partial charge in [0.15, 0.2) is 0 Å². The van der Waals surface area contributed by atoms with Crippen LogP contribution in [0, 0.1) is 0 Å². The standard InChI is InChI=1S/C46H29NOS/c1-2-10-30(11-3-1)31-20-25-34(26-21-31)47(41-17-9-18-42-44(41)40-29-24-32-12-4-5-13-36(32)45(40)48-42)35-27-22-33(23-28-35)37-15-8-16-39-38-14-6-7-19-43(38)49-46(37)39/h1-29H/i1D,2D,3D,10D,11D,20D,21D,22D,23D,25D,26D,27D,28D. The zero-order chi connectivity index (χ0) is 43.6. The summed E-state index contributed by atoms with van der Waals surface area (Å²) in [7, 11) is 0. The molecule has 2 aromatic heterocycles. The highest BCUT2D eigenvalue weighted by molar-refractivity contribution is 7.26. The fourth-order valence-electron chi connectivity index (χ4n) is 6.49. The number of benzene rings is 8. The lowest BCUT2D eigenvalue weighted by molar-refractivity contribution is 0.672. The van der Waals surface area contributed by atoms with Crippen LogP contribution in [-0.2, 0) is 0 Å². The average Bonchev–Trinajstić information content (AvgIpc) is 3.87. The van der Waals surface area contributed by atoms with Gasteiger partial charge in [-0.1, -0.05) is 127 Å². The first-order valence-corrected chi connectivity index (χ1v) is 16.4. The minimum absolute atomic E-state index is 0.0374. The molecule has 2 heterocycles. The summed E-state index contributed by atoms with van der Waals surface area (Å²) in [4.78, 5) is 1.20. The second-order valence-electron chi connectivity index (χ2n) is 11.5. The van der Waals surface area contributed by atoms with E-state index in [1.165, 1.54) is 16.2 Å². The van der Waals surface area contributed by atoms with Crippen LogP contribution in [0.1, 0.15) is 17.8 Å². The van der Waals surface area contributed by atoms with Gasteiger partial charge in [-0.05, 0) is 76.1 Å². The molecule has 0 unspecified atom stereocenters. The van der Waals surface area contributed by atoms with Gasteiger partial charge in [0.05, 0.1) is 28.9 Å². The fraction of sp³-hybridized carbons (Fsp3) is 0. The van der Waals surface area contributed by atoms with Gasteiger partial charge in [-0.25, -0.2) is 0 Å². The van der Waals surface area contributed by atoms with Crippen LogP contribution in [0.25, 0.3) is 75.1 Å². The molecule has 2 nitrogen and oxygen atoms in total. The molecule has 0 radical (unpaired) electrons. The third kappa shape index (κ3) is 4.55. The molecule has 0 saturated heterocycles. The molecule has 0 spiro atoms. The first-order chi connectivity index (χ1) is 29.7. The normalized spacial score (nSPS) is 15.4. The average molecular weight is 657 g/mol. The summed E-state index contributed by atoms with van der Waals surface area (Å²) < 4.78 is 126. The van der Waals surface area contributed by atoms with Crippen molar-refractivity contribution in [1.82, 2.24) is 0 Å². The van der Waals surface area contributed by atoms with Crippen molar-refractivity contribution in [1.29, 1.82) is 0 Å². The third-order valence-electron chi connectivity index (χ3n) is 8.70.